The molecular weight excluding hydrogens is 404 g/mol. The maximum Gasteiger partial charge on any atom is 0.170 e. The molecule has 0 bridgehead atoms. The van der Waals surface area contributed by atoms with Crippen LogP contribution in [0.2, 0.25) is 5.02 Å². The highest BCUT2D eigenvalue weighted by Crippen LogP contribution is 2.39. The normalized spacial score (nSPS) is 15.1. The van der Waals surface area contributed by atoms with Crippen molar-refractivity contribution in [3.8, 4) is 17.3 Å². The quantitative estimate of drug-likeness (QED) is 0.378. The van der Waals surface area contributed by atoms with Crippen LogP contribution in [0.15, 0.2) is 83.9 Å². The first-order valence-electron chi connectivity index (χ1n) is 10.1. The smallest absolute Gasteiger partial charge is 0.170 e. The molecule has 1 atom stereocenters. The number of nitrogens with zero attached hydrogens (tertiary/aromatic N) is 4. The molecule has 4 aromatic rings. The van der Waals surface area contributed by atoms with Gasteiger partial charge in [0.15, 0.2) is 5.82 Å². The first-order chi connectivity index (χ1) is 15.1. The average Bonchev–Trinajstić information content (AvgIpc) is 3.18. The molecule has 150 valence electrons. The fraction of sp³-hybridized carbons (Fsp3) is 0.115. The second-order valence-electron chi connectivity index (χ2n) is 7.67. The molecule has 0 saturated carbocycles. The summed E-state index contributed by atoms with van der Waals surface area (Å²) in [5.41, 5.74) is 6.31. The summed E-state index contributed by atoms with van der Waals surface area (Å²) in [4.78, 5) is 4.91. The minimum absolute atomic E-state index is 0.0775. The summed E-state index contributed by atoms with van der Waals surface area (Å²) < 4.78 is 1.89. The predicted octanol–water partition coefficient (Wildman–Crippen LogP) is 6.50. The molecule has 0 radical (unpaired) electrons. The number of benzene rings is 3. The third kappa shape index (κ3) is 3.54. The molecule has 1 unspecified atom stereocenters. The largest absolute Gasteiger partial charge is 0.238 e. The molecule has 3 aromatic carbocycles. The van der Waals surface area contributed by atoms with Crippen LogP contribution >= 0.6 is 11.6 Å². The monoisotopic (exact) mass is 422 g/mol. The summed E-state index contributed by atoms with van der Waals surface area (Å²) in [7, 11) is 0. The Balaban J connectivity index is 1.72. The van der Waals surface area contributed by atoms with E-state index in [9.17, 15) is 5.26 Å². The van der Waals surface area contributed by atoms with Crippen LogP contribution in [0, 0.1) is 18.3 Å². The fourth-order valence-corrected chi connectivity index (χ4v) is 4.09. The van der Waals surface area contributed by atoms with Crippen molar-refractivity contribution in [3.05, 3.63) is 106 Å². The van der Waals surface area contributed by atoms with Crippen molar-refractivity contribution < 1.29 is 0 Å². The first kappa shape index (κ1) is 19.3. The molecule has 0 saturated heterocycles. The van der Waals surface area contributed by atoms with Gasteiger partial charge in [0.2, 0.25) is 0 Å². The van der Waals surface area contributed by atoms with Crippen LogP contribution in [0.4, 0.5) is 5.82 Å². The van der Waals surface area contributed by atoms with Gasteiger partial charge in [-0.25, -0.2) is 9.67 Å². The summed E-state index contributed by atoms with van der Waals surface area (Å²) in [5.74, 6) is 0.600. The number of aromatic nitrogens is 2. The van der Waals surface area contributed by atoms with E-state index < -0.39 is 0 Å². The summed E-state index contributed by atoms with van der Waals surface area (Å²) >= 11 is 6.13. The number of hydrogen-bond acceptors (Lipinski definition) is 3. The van der Waals surface area contributed by atoms with E-state index in [-0.39, 0.29) is 6.04 Å². The van der Waals surface area contributed by atoms with Gasteiger partial charge in [-0.15, -0.1) is 0 Å². The molecule has 5 heteroatoms. The average molecular weight is 423 g/mol. The molecule has 0 aliphatic carbocycles. The topological polar surface area (TPSA) is 54.0 Å². The Morgan fingerprint density at radius 2 is 1.65 bits per heavy atom. The fourth-order valence-electron chi connectivity index (χ4n) is 3.97. The highest BCUT2D eigenvalue weighted by Gasteiger charge is 2.30. The zero-order valence-electron chi connectivity index (χ0n) is 17.0. The predicted molar refractivity (Wildman–Crippen MR) is 124 cm³/mol. The molecular formula is C26H19ClN4. The lowest BCUT2D eigenvalue weighted by Crippen LogP contribution is -2.21. The summed E-state index contributed by atoms with van der Waals surface area (Å²) in [5, 5.41) is 15.6. The van der Waals surface area contributed by atoms with Gasteiger partial charge >= 0.3 is 0 Å². The Hall–Kier alpha value is -3.68. The Kier molecular flexibility index (Phi) is 4.89. The molecule has 5 rings (SSSR count). The highest BCUT2D eigenvalue weighted by molar-refractivity contribution is 6.30. The van der Waals surface area contributed by atoms with Gasteiger partial charge < -0.3 is 0 Å². The Morgan fingerprint density at radius 3 is 2.32 bits per heavy atom. The van der Waals surface area contributed by atoms with E-state index in [4.69, 9.17) is 21.7 Å². The van der Waals surface area contributed by atoms with Gasteiger partial charge in [0, 0.05) is 17.0 Å². The van der Waals surface area contributed by atoms with Crippen molar-refractivity contribution in [2.24, 2.45) is 4.99 Å². The van der Waals surface area contributed by atoms with E-state index in [0.29, 0.717) is 28.5 Å². The molecule has 1 aliphatic rings. The lowest BCUT2D eigenvalue weighted by Gasteiger charge is -2.25. The number of nitriles is 1. The molecule has 0 N–H and O–H groups in total. The van der Waals surface area contributed by atoms with E-state index >= 15 is 0 Å². The van der Waals surface area contributed by atoms with Crippen molar-refractivity contribution in [3.63, 3.8) is 0 Å². The lowest BCUT2D eigenvalue weighted by molar-refractivity contribution is 0.534. The second-order valence-corrected chi connectivity index (χ2v) is 8.10. The summed E-state index contributed by atoms with van der Waals surface area (Å²) in [6, 6.07) is 28.3. The van der Waals surface area contributed by atoms with Crippen LogP contribution in [-0.2, 0) is 0 Å². The van der Waals surface area contributed by atoms with Gasteiger partial charge in [-0.3, -0.25) is 0 Å². The van der Waals surface area contributed by atoms with Crippen LogP contribution in [0.5, 0.6) is 0 Å². The Bertz CT molecular complexity index is 1310. The number of aliphatic imine (C=N–C) groups is 1. The van der Waals surface area contributed by atoms with Gasteiger partial charge in [0.25, 0.3) is 0 Å². The van der Waals surface area contributed by atoms with Gasteiger partial charge in [-0.1, -0.05) is 83.9 Å². The molecule has 1 aliphatic heterocycles. The van der Waals surface area contributed by atoms with Crippen molar-refractivity contribution in [1.82, 2.24) is 9.78 Å². The highest BCUT2D eigenvalue weighted by atomic mass is 35.5. The molecule has 2 heterocycles. The standard InChI is InChI=1S/C26H19ClN4/c1-17-7-9-20(10-8-17)25-22(16-28)26-29-23(18-5-3-2-4-6-18)15-24(31(26)30-25)19-11-13-21(27)14-12-19/h2-14,24H,15H2,1H3. The SMILES string of the molecule is Cc1ccc(-c2nn3c(c2C#N)N=C(c2ccccc2)CC3c2ccc(Cl)cc2)cc1. The van der Waals surface area contributed by atoms with E-state index in [1.54, 1.807) is 0 Å². The maximum atomic E-state index is 10.0. The van der Waals surface area contributed by atoms with Crippen molar-refractivity contribution in [1.29, 1.82) is 5.26 Å². The van der Waals surface area contributed by atoms with Crippen LogP contribution in [-0.4, -0.2) is 15.5 Å². The van der Waals surface area contributed by atoms with Crippen molar-refractivity contribution in [2.45, 2.75) is 19.4 Å². The van der Waals surface area contributed by atoms with Crippen LogP contribution in [0.3, 0.4) is 0 Å². The van der Waals surface area contributed by atoms with E-state index in [0.717, 1.165) is 28.0 Å². The Morgan fingerprint density at radius 1 is 0.935 bits per heavy atom. The van der Waals surface area contributed by atoms with Crippen LogP contribution in [0.1, 0.15) is 34.7 Å². The van der Waals surface area contributed by atoms with Gasteiger partial charge in [0.05, 0.1) is 11.8 Å². The first-order valence-corrected chi connectivity index (χ1v) is 10.5. The maximum absolute atomic E-state index is 10.0. The number of fused-ring (bicyclic) bond motifs is 1. The summed E-state index contributed by atoms with van der Waals surface area (Å²) in [6.45, 7) is 2.04. The zero-order chi connectivity index (χ0) is 21.4. The number of halogens is 1. The van der Waals surface area contributed by atoms with Gasteiger partial charge in [0.1, 0.15) is 17.3 Å². The van der Waals surface area contributed by atoms with Gasteiger partial charge in [-0.05, 0) is 30.2 Å². The van der Waals surface area contributed by atoms with E-state index in [1.807, 2.05) is 78.3 Å². The second kappa shape index (κ2) is 7.86. The molecule has 0 amide bonds. The molecule has 31 heavy (non-hydrogen) atoms. The van der Waals surface area contributed by atoms with E-state index in [2.05, 4.69) is 18.2 Å². The van der Waals surface area contributed by atoms with E-state index in [1.165, 1.54) is 0 Å². The summed E-state index contributed by atoms with van der Waals surface area (Å²) in [6.07, 6.45) is 0.679. The number of rotatable bonds is 3. The minimum Gasteiger partial charge on any atom is -0.238 e. The molecule has 0 spiro atoms. The van der Waals surface area contributed by atoms with Crippen molar-refractivity contribution in [2.75, 3.05) is 0 Å². The number of hydrogen-bond donors (Lipinski definition) is 0. The van der Waals surface area contributed by atoms with Crippen molar-refractivity contribution >= 4 is 23.1 Å². The molecule has 1 aromatic heterocycles. The van der Waals surface area contributed by atoms with Gasteiger partial charge in [-0.2, -0.15) is 10.4 Å². The molecule has 0 fully saturated rings. The van der Waals surface area contributed by atoms with Crippen LogP contribution in [0.25, 0.3) is 11.3 Å². The third-order valence-electron chi connectivity index (χ3n) is 5.61. The van der Waals surface area contributed by atoms with Crippen LogP contribution < -0.4 is 0 Å². The zero-order valence-corrected chi connectivity index (χ0v) is 17.7. The minimum atomic E-state index is -0.0775. The molecule has 4 nitrogen and oxygen atoms in total. The lowest BCUT2D eigenvalue weighted by atomic mass is 9.95. The number of aryl methyl sites for hydroxylation is 1. The Labute approximate surface area is 186 Å². The third-order valence-corrected chi connectivity index (χ3v) is 5.86.